The van der Waals surface area contributed by atoms with Crippen molar-refractivity contribution in [2.45, 2.75) is 25.4 Å². The maximum absolute atomic E-state index is 9.91. The lowest BCUT2D eigenvalue weighted by atomic mass is 9.99. The Morgan fingerprint density at radius 1 is 1.58 bits per heavy atom. The van der Waals surface area contributed by atoms with Gasteiger partial charge >= 0.3 is 0 Å². The van der Waals surface area contributed by atoms with Gasteiger partial charge in [-0.1, -0.05) is 6.07 Å². The molecule has 2 N–H and O–H groups in total. The fourth-order valence-corrected chi connectivity index (χ4v) is 1.95. The lowest BCUT2D eigenvalue weighted by Crippen LogP contribution is -2.19. The van der Waals surface area contributed by atoms with E-state index < -0.39 is 5.60 Å². The van der Waals surface area contributed by atoms with Crippen LogP contribution in [-0.4, -0.2) is 16.8 Å². The number of hydrogen-bond acceptors (Lipinski definition) is 3. The molecule has 1 rings (SSSR count). The first kappa shape index (κ1) is 9.71. The highest BCUT2D eigenvalue weighted by Crippen LogP contribution is 2.29. The molecule has 0 aliphatic heterocycles. The molecule has 0 aliphatic carbocycles. The van der Waals surface area contributed by atoms with Gasteiger partial charge in [-0.05, 0) is 31.2 Å². The molecule has 0 spiro atoms. The van der Waals surface area contributed by atoms with Gasteiger partial charge in [-0.3, -0.25) is 0 Å². The normalized spacial score (nSPS) is 15.9. The molecule has 0 radical (unpaired) electrons. The van der Waals surface area contributed by atoms with E-state index in [0.717, 1.165) is 4.88 Å². The van der Waals surface area contributed by atoms with Crippen molar-refractivity contribution in [3.8, 4) is 0 Å². The van der Waals surface area contributed by atoms with Gasteiger partial charge in [-0.25, -0.2) is 0 Å². The maximum Gasteiger partial charge on any atom is 0.0960 e. The number of hydrogen-bond donors (Lipinski definition) is 2. The Kier molecular flexibility index (Phi) is 3.26. The van der Waals surface area contributed by atoms with Gasteiger partial charge in [0.15, 0.2) is 0 Å². The van der Waals surface area contributed by atoms with E-state index in [1.165, 1.54) is 0 Å². The Bertz CT molecular complexity index is 216. The Morgan fingerprint density at radius 3 is 2.83 bits per heavy atom. The van der Waals surface area contributed by atoms with Crippen LogP contribution in [0.2, 0.25) is 0 Å². The average Bonchev–Trinajstić information content (AvgIpc) is 2.53. The largest absolute Gasteiger partial charge is 0.396 e. The molecular weight excluding hydrogens is 172 g/mol. The summed E-state index contributed by atoms with van der Waals surface area (Å²) in [4.78, 5) is 0.968. The van der Waals surface area contributed by atoms with Crippen molar-refractivity contribution in [2.75, 3.05) is 6.61 Å². The van der Waals surface area contributed by atoms with Crippen LogP contribution in [0.5, 0.6) is 0 Å². The zero-order valence-electron chi connectivity index (χ0n) is 7.16. The fraction of sp³-hybridized carbons (Fsp3) is 0.556. The van der Waals surface area contributed by atoms with Gasteiger partial charge in [0.25, 0.3) is 0 Å². The van der Waals surface area contributed by atoms with Crippen molar-refractivity contribution in [1.29, 1.82) is 0 Å². The first-order valence-corrected chi connectivity index (χ1v) is 4.92. The highest BCUT2D eigenvalue weighted by atomic mass is 32.1. The second-order valence-electron chi connectivity index (χ2n) is 3.08. The van der Waals surface area contributed by atoms with Crippen molar-refractivity contribution >= 4 is 11.3 Å². The second-order valence-corrected chi connectivity index (χ2v) is 4.03. The van der Waals surface area contributed by atoms with Crippen molar-refractivity contribution in [3.05, 3.63) is 22.4 Å². The monoisotopic (exact) mass is 186 g/mol. The minimum atomic E-state index is -0.767. The van der Waals surface area contributed by atoms with Gasteiger partial charge in [-0.2, -0.15) is 0 Å². The first-order valence-electron chi connectivity index (χ1n) is 4.04. The van der Waals surface area contributed by atoms with Crippen molar-refractivity contribution < 1.29 is 10.2 Å². The van der Waals surface area contributed by atoms with Crippen LogP contribution in [0.1, 0.15) is 24.6 Å². The molecule has 3 heteroatoms. The molecule has 68 valence electrons. The molecule has 0 aliphatic rings. The summed E-state index contributed by atoms with van der Waals surface area (Å²) in [6.45, 7) is 1.93. The summed E-state index contributed by atoms with van der Waals surface area (Å²) in [5.41, 5.74) is -0.767. The molecule has 2 nitrogen and oxygen atoms in total. The third kappa shape index (κ3) is 2.30. The minimum absolute atomic E-state index is 0.140. The van der Waals surface area contributed by atoms with Crippen LogP contribution in [0, 0.1) is 0 Å². The van der Waals surface area contributed by atoms with Crippen LogP contribution in [0.25, 0.3) is 0 Å². The number of aliphatic hydroxyl groups excluding tert-OH is 1. The van der Waals surface area contributed by atoms with E-state index in [1.807, 2.05) is 17.5 Å². The quantitative estimate of drug-likeness (QED) is 0.751. The van der Waals surface area contributed by atoms with E-state index in [1.54, 1.807) is 18.3 Å². The SMILES string of the molecule is CC(O)(CCCO)c1cccs1. The third-order valence-corrected chi connectivity index (χ3v) is 3.00. The van der Waals surface area contributed by atoms with Crippen LogP contribution in [0.3, 0.4) is 0 Å². The van der Waals surface area contributed by atoms with E-state index in [9.17, 15) is 5.11 Å². The van der Waals surface area contributed by atoms with Gasteiger partial charge < -0.3 is 10.2 Å². The van der Waals surface area contributed by atoms with Crippen molar-refractivity contribution in [2.24, 2.45) is 0 Å². The van der Waals surface area contributed by atoms with Gasteiger partial charge in [-0.15, -0.1) is 11.3 Å². The standard InChI is InChI=1S/C9H14O2S/c1-9(11,5-3-6-10)8-4-2-7-12-8/h2,4,7,10-11H,3,5-6H2,1H3. The minimum Gasteiger partial charge on any atom is -0.396 e. The van der Waals surface area contributed by atoms with Crippen LogP contribution in [0.15, 0.2) is 17.5 Å². The topological polar surface area (TPSA) is 40.5 Å². The Hall–Kier alpha value is -0.380. The van der Waals surface area contributed by atoms with Gasteiger partial charge in [0, 0.05) is 11.5 Å². The molecule has 1 aromatic heterocycles. The van der Waals surface area contributed by atoms with Gasteiger partial charge in [0.1, 0.15) is 0 Å². The third-order valence-electron chi connectivity index (χ3n) is 1.87. The van der Waals surface area contributed by atoms with Crippen molar-refractivity contribution in [3.63, 3.8) is 0 Å². The highest BCUT2D eigenvalue weighted by Gasteiger charge is 2.22. The Labute approximate surface area is 76.5 Å². The summed E-state index contributed by atoms with van der Waals surface area (Å²) in [5.74, 6) is 0. The van der Waals surface area contributed by atoms with E-state index in [4.69, 9.17) is 5.11 Å². The molecular formula is C9H14O2S. The summed E-state index contributed by atoms with van der Waals surface area (Å²) in [6.07, 6.45) is 1.26. The molecule has 1 atom stereocenters. The molecule has 1 unspecified atom stereocenters. The molecule has 0 aromatic carbocycles. The van der Waals surface area contributed by atoms with Crippen LogP contribution in [0.4, 0.5) is 0 Å². The number of aliphatic hydroxyl groups is 2. The molecule has 0 bridgehead atoms. The molecule has 0 saturated heterocycles. The average molecular weight is 186 g/mol. The summed E-state index contributed by atoms with van der Waals surface area (Å²) < 4.78 is 0. The number of rotatable bonds is 4. The molecule has 0 saturated carbocycles. The summed E-state index contributed by atoms with van der Waals surface area (Å²) in [7, 11) is 0. The highest BCUT2D eigenvalue weighted by molar-refractivity contribution is 7.10. The first-order chi connectivity index (χ1) is 5.67. The number of thiophene rings is 1. The molecule has 12 heavy (non-hydrogen) atoms. The Balaban J connectivity index is 2.59. The van der Waals surface area contributed by atoms with Gasteiger partial charge in [0.2, 0.25) is 0 Å². The summed E-state index contributed by atoms with van der Waals surface area (Å²) >= 11 is 1.55. The Morgan fingerprint density at radius 2 is 2.33 bits per heavy atom. The van der Waals surface area contributed by atoms with Crippen LogP contribution >= 0.6 is 11.3 Å². The predicted molar refractivity (Wildman–Crippen MR) is 50.2 cm³/mol. The zero-order valence-corrected chi connectivity index (χ0v) is 7.97. The molecule has 1 heterocycles. The fourth-order valence-electron chi connectivity index (χ4n) is 1.13. The zero-order chi connectivity index (χ0) is 9.03. The van der Waals surface area contributed by atoms with Crippen molar-refractivity contribution in [1.82, 2.24) is 0 Å². The molecule has 1 aromatic rings. The van der Waals surface area contributed by atoms with E-state index in [2.05, 4.69) is 0 Å². The summed E-state index contributed by atoms with van der Waals surface area (Å²) in [6, 6.07) is 3.84. The van der Waals surface area contributed by atoms with Gasteiger partial charge in [0.05, 0.1) is 5.60 Å². The summed E-state index contributed by atoms with van der Waals surface area (Å²) in [5, 5.41) is 20.5. The predicted octanol–water partition coefficient (Wildman–Crippen LogP) is 1.73. The van der Waals surface area contributed by atoms with Crippen LogP contribution < -0.4 is 0 Å². The molecule has 0 fully saturated rings. The van der Waals surface area contributed by atoms with E-state index in [-0.39, 0.29) is 6.61 Å². The van der Waals surface area contributed by atoms with E-state index in [0.29, 0.717) is 12.8 Å². The molecule has 0 amide bonds. The smallest absolute Gasteiger partial charge is 0.0960 e. The maximum atomic E-state index is 9.91. The lowest BCUT2D eigenvalue weighted by Gasteiger charge is -2.20. The van der Waals surface area contributed by atoms with E-state index >= 15 is 0 Å². The lowest BCUT2D eigenvalue weighted by molar-refractivity contribution is 0.0439. The van der Waals surface area contributed by atoms with Crippen LogP contribution in [-0.2, 0) is 5.60 Å². The second kappa shape index (κ2) is 4.03.